The van der Waals surface area contributed by atoms with Crippen molar-refractivity contribution in [3.05, 3.63) is 64.4 Å². The van der Waals surface area contributed by atoms with Crippen molar-refractivity contribution in [3.63, 3.8) is 0 Å². The van der Waals surface area contributed by atoms with Crippen LogP contribution >= 0.6 is 15.9 Å². The first-order valence-electron chi connectivity index (χ1n) is 8.88. The van der Waals surface area contributed by atoms with Gasteiger partial charge in [0.2, 0.25) is 0 Å². The van der Waals surface area contributed by atoms with Crippen molar-refractivity contribution < 1.29 is 4.79 Å². The molecule has 2 N–H and O–H groups in total. The molecular formula is C20H20BrN5O. The topological polar surface area (TPSA) is 73.9 Å². The van der Waals surface area contributed by atoms with E-state index < -0.39 is 0 Å². The third-order valence-corrected chi connectivity index (χ3v) is 5.35. The van der Waals surface area contributed by atoms with Crippen LogP contribution in [0, 0.1) is 0 Å². The molecule has 1 saturated carbocycles. The highest BCUT2D eigenvalue weighted by Crippen LogP contribution is 2.38. The van der Waals surface area contributed by atoms with Gasteiger partial charge in [0, 0.05) is 35.2 Å². The highest BCUT2D eigenvalue weighted by Gasteiger charge is 2.27. The largest absolute Gasteiger partial charge is 0.323 e. The monoisotopic (exact) mass is 425 g/mol. The van der Waals surface area contributed by atoms with Gasteiger partial charge in [-0.1, -0.05) is 34.1 Å². The summed E-state index contributed by atoms with van der Waals surface area (Å²) < 4.78 is 0.992. The van der Waals surface area contributed by atoms with Gasteiger partial charge in [0.05, 0.1) is 0 Å². The molecule has 2 aromatic carbocycles. The van der Waals surface area contributed by atoms with Gasteiger partial charge in [0.15, 0.2) is 5.82 Å². The number of rotatable bonds is 5. The second-order valence-corrected chi connectivity index (χ2v) is 7.63. The summed E-state index contributed by atoms with van der Waals surface area (Å²) in [7, 11) is 1.77. The second kappa shape index (κ2) is 7.52. The van der Waals surface area contributed by atoms with E-state index in [-0.39, 0.29) is 6.03 Å². The van der Waals surface area contributed by atoms with Crippen molar-refractivity contribution in [3.8, 4) is 11.4 Å². The Labute approximate surface area is 166 Å². The molecule has 1 aromatic heterocycles. The Morgan fingerprint density at radius 3 is 2.67 bits per heavy atom. The zero-order valence-corrected chi connectivity index (χ0v) is 16.5. The molecule has 1 heterocycles. The minimum Gasteiger partial charge on any atom is -0.323 e. The van der Waals surface area contributed by atoms with E-state index in [1.165, 1.54) is 12.8 Å². The van der Waals surface area contributed by atoms with Gasteiger partial charge < -0.3 is 10.2 Å². The number of aromatic nitrogens is 3. The Hall–Kier alpha value is -2.67. The Kier molecular flexibility index (Phi) is 4.94. The fraction of sp³-hybridized carbons (Fsp3) is 0.250. The van der Waals surface area contributed by atoms with Gasteiger partial charge in [-0.3, -0.25) is 5.10 Å². The first kappa shape index (κ1) is 17.7. The summed E-state index contributed by atoms with van der Waals surface area (Å²) in [5.74, 6) is 2.21. The standard InChI is InChI=1S/C20H20BrN5O/c1-26(12-15-4-2-3-5-17(15)21)20(27)22-16-10-8-14(9-11-16)19-23-18(24-25-19)13-6-7-13/h2-5,8-11,13H,6-7,12H2,1H3,(H,22,27)(H,23,24,25). The Bertz CT molecular complexity index is 949. The van der Waals surface area contributed by atoms with Crippen molar-refractivity contribution >= 4 is 27.6 Å². The molecule has 0 aliphatic heterocycles. The third-order valence-electron chi connectivity index (χ3n) is 4.57. The van der Waals surface area contributed by atoms with Crippen molar-refractivity contribution in [2.24, 2.45) is 0 Å². The zero-order chi connectivity index (χ0) is 18.8. The van der Waals surface area contributed by atoms with Gasteiger partial charge in [-0.25, -0.2) is 9.78 Å². The van der Waals surface area contributed by atoms with Crippen molar-refractivity contribution in [2.45, 2.75) is 25.3 Å². The summed E-state index contributed by atoms with van der Waals surface area (Å²) in [6.45, 7) is 0.520. The second-order valence-electron chi connectivity index (χ2n) is 6.77. The first-order chi connectivity index (χ1) is 13.1. The molecule has 0 radical (unpaired) electrons. The van der Waals surface area contributed by atoms with Gasteiger partial charge in [0.25, 0.3) is 0 Å². The minimum atomic E-state index is -0.160. The normalized spacial score (nSPS) is 13.4. The number of carbonyl (C=O) groups excluding carboxylic acids is 1. The maximum atomic E-state index is 12.4. The van der Waals surface area contributed by atoms with E-state index in [4.69, 9.17) is 0 Å². The summed E-state index contributed by atoms with van der Waals surface area (Å²) in [6, 6.07) is 15.3. The predicted octanol–water partition coefficient (Wildman–Crippen LogP) is 4.78. The van der Waals surface area contributed by atoms with Crippen LogP contribution in [0.25, 0.3) is 11.4 Å². The lowest BCUT2D eigenvalue weighted by Crippen LogP contribution is -2.30. The van der Waals surface area contributed by atoms with Crippen LogP contribution in [0.1, 0.15) is 30.1 Å². The van der Waals surface area contributed by atoms with Gasteiger partial charge >= 0.3 is 6.03 Å². The first-order valence-corrected chi connectivity index (χ1v) is 9.68. The highest BCUT2D eigenvalue weighted by atomic mass is 79.9. The highest BCUT2D eigenvalue weighted by molar-refractivity contribution is 9.10. The fourth-order valence-electron chi connectivity index (χ4n) is 2.82. The molecule has 138 valence electrons. The van der Waals surface area contributed by atoms with Gasteiger partial charge in [-0.2, -0.15) is 5.10 Å². The number of anilines is 1. The Morgan fingerprint density at radius 1 is 1.22 bits per heavy atom. The molecule has 1 fully saturated rings. The summed E-state index contributed by atoms with van der Waals surface area (Å²) in [6.07, 6.45) is 2.37. The molecule has 0 atom stereocenters. The summed E-state index contributed by atoms with van der Waals surface area (Å²) in [4.78, 5) is 18.6. The quantitative estimate of drug-likeness (QED) is 0.617. The van der Waals surface area contributed by atoms with E-state index in [0.717, 1.165) is 27.1 Å². The van der Waals surface area contributed by atoms with Crippen LogP contribution in [-0.4, -0.2) is 33.2 Å². The predicted molar refractivity (Wildman–Crippen MR) is 108 cm³/mol. The Morgan fingerprint density at radius 2 is 1.96 bits per heavy atom. The SMILES string of the molecule is CN(Cc1ccccc1Br)C(=O)Nc1ccc(-c2n[nH]c(C3CC3)n2)cc1. The minimum absolute atomic E-state index is 0.160. The molecule has 1 aliphatic carbocycles. The lowest BCUT2D eigenvalue weighted by molar-refractivity contribution is 0.220. The number of benzene rings is 2. The van der Waals surface area contributed by atoms with Crippen molar-refractivity contribution in [1.29, 1.82) is 0 Å². The number of amides is 2. The number of hydrogen-bond acceptors (Lipinski definition) is 3. The smallest absolute Gasteiger partial charge is 0.321 e. The third kappa shape index (κ3) is 4.19. The van der Waals surface area contributed by atoms with Crippen molar-refractivity contribution in [2.75, 3.05) is 12.4 Å². The number of nitrogens with zero attached hydrogens (tertiary/aromatic N) is 3. The lowest BCUT2D eigenvalue weighted by atomic mass is 10.2. The molecule has 0 saturated heterocycles. The van der Waals surface area contributed by atoms with E-state index in [9.17, 15) is 4.79 Å². The van der Waals surface area contributed by atoms with Crippen LogP contribution in [0.5, 0.6) is 0 Å². The van der Waals surface area contributed by atoms with Gasteiger partial charge in [-0.05, 0) is 48.7 Å². The molecule has 27 heavy (non-hydrogen) atoms. The summed E-state index contributed by atoms with van der Waals surface area (Å²) >= 11 is 3.51. The summed E-state index contributed by atoms with van der Waals surface area (Å²) in [5.41, 5.74) is 2.72. The number of hydrogen-bond donors (Lipinski definition) is 2. The van der Waals surface area contributed by atoms with E-state index in [2.05, 4.69) is 36.4 Å². The maximum Gasteiger partial charge on any atom is 0.321 e. The number of H-pyrrole nitrogens is 1. The molecule has 0 spiro atoms. The molecule has 7 heteroatoms. The van der Waals surface area contributed by atoms with Gasteiger partial charge in [-0.15, -0.1) is 0 Å². The van der Waals surface area contributed by atoms with Crippen LogP contribution in [0.4, 0.5) is 10.5 Å². The molecule has 2 amide bonds. The zero-order valence-electron chi connectivity index (χ0n) is 14.9. The molecule has 6 nitrogen and oxygen atoms in total. The van der Waals surface area contributed by atoms with Crippen molar-refractivity contribution in [1.82, 2.24) is 20.1 Å². The molecule has 0 unspecified atom stereocenters. The average molecular weight is 426 g/mol. The lowest BCUT2D eigenvalue weighted by Gasteiger charge is -2.19. The molecule has 3 aromatic rings. The number of halogens is 1. The Balaban J connectivity index is 1.38. The fourth-order valence-corrected chi connectivity index (χ4v) is 3.23. The molecule has 0 bridgehead atoms. The van der Waals surface area contributed by atoms with Crippen LogP contribution in [0.2, 0.25) is 0 Å². The van der Waals surface area contributed by atoms with Crippen LogP contribution in [0.15, 0.2) is 53.0 Å². The number of aromatic amines is 1. The number of carbonyl (C=O) groups is 1. The van der Waals surface area contributed by atoms with E-state index in [1.54, 1.807) is 11.9 Å². The molecular weight excluding hydrogens is 406 g/mol. The van der Waals surface area contributed by atoms with E-state index >= 15 is 0 Å². The van der Waals surface area contributed by atoms with Crippen LogP contribution in [0.3, 0.4) is 0 Å². The van der Waals surface area contributed by atoms with Crippen LogP contribution < -0.4 is 5.32 Å². The number of nitrogens with one attached hydrogen (secondary N) is 2. The molecule has 1 aliphatic rings. The van der Waals surface area contributed by atoms with E-state index in [1.807, 2.05) is 48.5 Å². The van der Waals surface area contributed by atoms with E-state index in [0.29, 0.717) is 18.3 Å². The van der Waals surface area contributed by atoms with Crippen LogP contribution in [-0.2, 0) is 6.54 Å². The average Bonchev–Trinajstić information content (AvgIpc) is 3.41. The number of urea groups is 1. The van der Waals surface area contributed by atoms with Gasteiger partial charge in [0.1, 0.15) is 5.82 Å². The maximum absolute atomic E-state index is 12.4. The summed E-state index contributed by atoms with van der Waals surface area (Å²) in [5, 5.41) is 10.2. The molecule has 4 rings (SSSR count).